The van der Waals surface area contributed by atoms with Gasteiger partial charge >= 0.3 is 0 Å². The molecule has 0 saturated carbocycles. The molecule has 1 amide bonds. The maximum atomic E-state index is 13.4. The molecule has 1 fully saturated rings. The SMILES string of the molecule is C=CCN1C(=O)[C@@H]2Cc3c([nH]c4ccccc34)[C@@H](c3cc(OC)c(OC)c(OC)c3)N2C1=S. The topological polar surface area (TPSA) is 67.0 Å². The van der Waals surface area contributed by atoms with E-state index < -0.39 is 6.04 Å². The van der Waals surface area contributed by atoms with Crippen molar-refractivity contribution in [3.63, 3.8) is 0 Å². The molecule has 0 aliphatic carbocycles. The third kappa shape index (κ3) is 3.08. The Morgan fingerprint density at radius 2 is 1.85 bits per heavy atom. The molecule has 2 atom stereocenters. The molecule has 1 aromatic heterocycles. The Bertz CT molecular complexity index is 1260. The predicted molar refractivity (Wildman–Crippen MR) is 130 cm³/mol. The number of hydrogen-bond donors (Lipinski definition) is 1. The average Bonchev–Trinajstić information content (AvgIpc) is 3.32. The molecule has 7 nitrogen and oxygen atoms in total. The number of aromatic amines is 1. The zero-order valence-corrected chi connectivity index (χ0v) is 19.6. The summed E-state index contributed by atoms with van der Waals surface area (Å²) >= 11 is 5.82. The van der Waals surface area contributed by atoms with Crippen molar-refractivity contribution < 1.29 is 19.0 Å². The van der Waals surface area contributed by atoms with Gasteiger partial charge in [-0.3, -0.25) is 9.69 Å². The van der Waals surface area contributed by atoms with Crippen molar-refractivity contribution in [2.75, 3.05) is 27.9 Å². The Morgan fingerprint density at radius 1 is 1.15 bits per heavy atom. The predicted octanol–water partition coefficient (Wildman–Crippen LogP) is 3.82. The summed E-state index contributed by atoms with van der Waals surface area (Å²) in [5, 5.41) is 1.61. The van der Waals surface area contributed by atoms with Crippen LogP contribution in [-0.2, 0) is 11.2 Å². The van der Waals surface area contributed by atoms with Gasteiger partial charge in [0.25, 0.3) is 5.91 Å². The van der Waals surface area contributed by atoms with E-state index in [0.717, 1.165) is 27.7 Å². The van der Waals surface area contributed by atoms with E-state index in [1.807, 2.05) is 29.2 Å². The van der Waals surface area contributed by atoms with E-state index in [2.05, 4.69) is 23.7 Å². The number of carbonyl (C=O) groups excluding carboxylic acids is 1. The zero-order valence-electron chi connectivity index (χ0n) is 18.8. The van der Waals surface area contributed by atoms with Crippen LogP contribution in [-0.4, -0.2) is 59.7 Å². The molecule has 2 aromatic carbocycles. The van der Waals surface area contributed by atoms with Gasteiger partial charge in [0.1, 0.15) is 6.04 Å². The fourth-order valence-electron chi connectivity index (χ4n) is 5.03. The monoisotopic (exact) mass is 463 g/mol. The molecule has 170 valence electrons. The molecule has 2 aliphatic heterocycles. The molecule has 1 saturated heterocycles. The van der Waals surface area contributed by atoms with Crippen LogP contribution in [0.25, 0.3) is 10.9 Å². The number of methoxy groups -OCH3 is 3. The zero-order chi connectivity index (χ0) is 23.3. The quantitative estimate of drug-likeness (QED) is 0.443. The Morgan fingerprint density at radius 3 is 2.48 bits per heavy atom. The van der Waals surface area contributed by atoms with Crippen molar-refractivity contribution >= 4 is 34.1 Å². The second-order valence-electron chi connectivity index (χ2n) is 8.07. The molecule has 0 spiro atoms. The fourth-order valence-corrected chi connectivity index (χ4v) is 5.43. The van der Waals surface area contributed by atoms with Crippen molar-refractivity contribution in [1.29, 1.82) is 0 Å². The molecule has 3 aromatic rings. The van der Waals surface area contributed by atoms with Gasteiger partial charge in [0, 0.05) is 29.6 Å². The highest BCUT2D eigenvalue weighted by molar-refractivity contribution is 7.80. The van der Waals surface area contributed by atoms with Gasteiger partial charge in [0.15, 0.2) is 16.6 Å². The summed E-state index contributed by atoms with van der Waals surface area (Å²) in [6.07, 6.45) is 2.28. The first-order valence-corrected chi connectivity index (χ1v) is 11.1. The Hall–Kier alpha value is -3.52. The summed E-state index contributed by atoms with van der Waals surface area (Å²) in [7, 11) is 4.76. The van der Waals surface area contributed by atoms with Crippen LogP contribution in [0.15, 0.2) is 49.1 Å². The Kier molecular flexibility index (Phi) is 5.25. The van der Waals surface area contributed by atoms with E-state index >= 15 is 0 Å². The van der Waals surface area contributed by atoms with Crippen LogP contribution in [0.5, 0.6) is 17.2 Å². The first-order valence-electron chi connectivity index (χ1n) is 10.7. The number of hydrogen-bond acceptors (Lipinski definition) is 5. The molecule has 5 rings (SSSR count). The van der Waals surface area contributed by atoms with Gasteiger partial charge in [-0.1, -0.05) is 24.3 Å². The Balaban J connectivity index is 1.76. The smallest absolute Gasteiger partial charge is 0.252 e. The van der Waals surface area contributed by atoms with Crippen LogP contribution >= 0.6 is 12.2 Å². The third-order valence-corrected chi connectivity index (χ3v) is 6.88. The van der Waals surface area contributed by atoms with Crippen LogP contribution in [0.2, 0.25) is 0 Å². The Labute approximate surface area is 197 Å². The summed E-state index contributed by atoms with van der Waals surface area (Å²) in [5.41, 5.74) is 4.06. The van der Waals surface area contributed by atoms with Crippen LogP contribution in [0, 0.1) is 0 Å². The third-order valence-electron chi connectivity index (χ3n) is 6.45. The number of para-hydroxylation sites is 1. The highest BCUT2D eigenvalue weighted by Crippen LogP contribution is 2.47. The molecule has 0 radical (unpaired) electrons. The van der Waals surface area contributed by atoms with Gasteiger partial charge < -0.3 is 24.1 Å². The number of nitrogens with zero attached hydrogens (tertiary/aromatic N) is 2. The fraction of sp³-hybridized carbons (Fsp3) is 0.280. The number of amides is 1. The van der Waals surface area contributed by atoms with Crippen molar-refractivity contribution in [3.8, 4) is 17.2 Å². The van der Waals surface area contributed by atoms with Crippen molar-refractivity contribution in [2.24, 2.45) is 0 Å². The summed E-state index contributed by atoms with van der Waals surface area (Å²) in [6, 6.07) is 11.3. The second-order valence-corrected chi connectivity index (χ2v) is 8.44. The van der Waals surface area contributed by atoms with E-state index in [9.17, 15) is 4.79 Å². The summed E-state index contributed by atoms with van der Waals surface area (Å²) in [5.74, 6) is 1.60. The van der Waals surface area contributed by atoms with E-state index in [1.54, 1.807) is 32.3 Å². The number of benzene rings is 2. The van der Waals surface area contributed by atoms with E-state index in [1.165, 1.54) is 0 Å². The number of ether oxygens (including phenoxy) is 3. The van der Waals surface area contributed by atoms with Crippen LogP contribution < -0.4 is 14.2 Å². The number of rotatable bonds is 6. The number of nitrogens with one attached hydrogen (secondary N) is 1. The molecule has 0 bridgehead atoms. The molecule has 3 heterocycles. The van der Waals surface area contributed by atoms with Gasteiger partial charge in [0.2, 0.25) is 5.75 Å². The maximum Gasteiger partial charge on any atom is 0.252 e. The summed E-state index contributed by atoms with van der Waals surface area (Å²) in [6.45, 7) is 4.17. The van der Waals surface area contributed by atoms with Crippen LogP contribution in [0.1, 0.15) is 22.9 Å². The minimum atomic E-state index is -0.395. The summed E-state index contributed by atoms with van der Waals surface area (Å²) in [4.78, 5) is 20.7. The molecular formula is C25H25N3O4S. The molecular weight excluding hydrogens is 438 g/mol. The van der Waals surface area contributed by atoms with E-state index in [4.69, 9.17) is 26.4 Å². The highest BCUT2D eigenvalue weighted by Gasteiger charge is 2.50. The van der Waals surface area contributed by atoms with Gasteiger partial charge in [-0.05, 0) is 41.5 Å². The van der Waals surface area contributed by atoms with Gasteiger partial charge in [-0.2, -0.15) is 0 Å². The van der Waals surface area contributed by atoms with Crippen molar-refractivity contribution in [3.05, 3.63) is 65.9 Å². The van der Waals surface area contributed by atoms with E-state index in [-0.39, 0.29) is 11.9 Å². The number of H-pyrrole nitrogens is 1. The second kappa shape index (κ2) is 8.12. The molecule has 0 unspecified atom stereocenters. The number of thiocarbonyl (C=S) groups is 1. The number of aromatic nitrogens is 1. The lowest BCUT2D eigenvalue weighted by atomic mass is 9.88. The standard InChI is InChI=1S/C25H25N3O4S/c1-5-10-27-24(29)18-13-16-15-8-6-7-9-17(15)26-21(16)22(28(18)25(27)33)14-11-19(30-2)23(32-4)20(12-14)31-3/h5-9,11-12,18,22,26H,1,10,13H2,2-4H3/t18-,22+/m0/s1. The van der Waals surface area contributed by atoms with Crippen LogP contribution in [0.4, 0.5) is 0 Å². The highest BCUT2D eigenvalue weighted by atomic mass is 32.1. The minimum absolute atomic E-state index is 0.00623. The molecule has 1 N–H and O–H groups in total. The first kappa shape index (κ1) is 21.3. The number of carbonyl (C=O) groups is 1. The van der Waals surface area contributed by atoms with Gasteiger partial charge in [-0.25, -0.2) is 0 Å². The normalized spacial score (nSPS) is 19.5. The van der Waals surface area contributed by atoms with Crippen molar-refractivity contribution in [2.45, 2.75) is 18.5 Å². The maximum absolute atomic E-state index is 13.4. The van der Waals surface area contributed by atoms with E-state index in [0.29, 0.717) is 35.3 Å². The molecule has 33 heavy (non-hydrogen) atoms. The first-order chi connectivity index (χ1) is 16.0. The molecule has 2 aliphatic rings. The van der Waals surface area contributed by atoms with Crippen molar-refractivity contribution in [1.82, 2.24) is 14.8 Å². The largest absolute Gasteiger partial charge is 0.493 e. The van der Waals surface area contributed by atoms with Crippen LogP contribution in [0.3, 0.4) is 0 Å². The minimum Gasteiger partial charge on any atom is -0.493 e. The lowest BCUT2D eigenvalue weighted by molar-refractivity contribution is -0.128. The van der Waals surface area contributed by atoms with Gasteiger partial charge in [-0.15, -0.1) is 6.58 Å². The van der Waals surface area contributed by atoms with Gasteiger partial charge in [0.05, 0.1) is 27.4 Å². The average molecular weight is 464 g/mol. The molecule has 8 heteroatoms. The lowest BCUT2D eigenvalue weighted by Crippen LogP contribution is -2.44. The summed E-state index contributed by atoms with van der Waals surface area (Å²) < 4.78 is 16.8. The lowest BCUT2D eigenvalue weighted by Gasteiger charge is -2.37. The number of fused-ring (bicyclic) bond motifs is 4.